The Morgan fingerprint density at radius 1 is 0.450 bits per heavy atom. The molecule has 1 aromatic heterocycles. The van der Waals surface area contributed by atoms with Gasteiger partial charge in [0.1, 0.15) is 23.0 Å². The summed E-state index contributed by atoms with van der Waals surface area (Å²) in [4.78, 5) is 0. The number of benzene rings is 6. The highest BCUT2D eigenvalue weighted by molar-refractivity contribution is 7.21. The van der Waals surface area contributed by atoms with Crippen molar-refractivity contribution in [1.29, 1.82) is 0 Å². The molecule has 2 aliphatic heterocycles. The van der Waals surface area contributed by atoms with Crippen LogP contribution in [0.3, 0.4) is 0 Å². The van der Waals surface area contributed by atoms with Crippen molar-refractivity contribution in [3.05, 3.63) is 140 Å². The Balaban J connectivity index is 1.39. The van der Waals surface area contributed by atoms with Gasteiger partial charge in [0.15, 0.2) is 8.07 Å². The van der Waals surface area contributed by atoms with E-state index in [2.05, 4.69) is 138 Å². The predicted molar refractivity (Wildman–Crippen MR) is 165 cm³/mol. The predicted octanol–water partition coefficient (Wildman–Crippen LogP) is 6.37. The van der Waals surface area contributed by atoms with Crippen molar-refractivity contribution in [2.75, 3.05) is 0 Å². The molecule has 0 amide bonds. The average Bonchev–Trinajstić information content (AvgIpc) is 3.35. The van der Waals surface area contributed by atoms with E-state index in [1.165, 1.54) is 42.6 Å². The molecule has 1 unspecified atom stereocenters. The van der Waals surface area contributed by atoms with E-state index in [9.17, 15) is 0 Å². The van der Waals surface area contributed by atoms with Crippen molar-refractivity contribution in [3.63, 3.8) is 0 Å². The van der Waals surface area contributed by atoms with E-state index < -0.39 is 8.07 Å². The van der Waals surface area contributed by atoms with E-state index in [1.54, 1.807) is 0 Å². The van der Waals surface area contributed by atoms with Crippen LogP contribution >= 0.6 is 0 Å². The quantitative estimate of drug-likeness (QED) is 0.243. The minimum absolute atomic E-state index is 0.884. The maximum atomic E-state index is 6.79. The number of ether oxygens (including phenoxy) is 2. The molecule has 0 bridgehead atoms. The standard InChI is InChI=1S/C36H23NO2Si/c1-2-11-25(12-3-1)40-34-20-9-8-17-30(34)38-31-18-10-19-32(36(31)40)39-33-23-24(21-22-35(33)40)37-28-15-6-4-13-26(28)27-14-5-7-16-29(27)37/h1-23H. The summed E-state index contributed by atoms with van der Waals surface area (Å²) >= 11 is 0. The zero-order valence-electron chi connectivity index (χ0n) is 21.5. The van der Waals surface area contributed by atoms with Gasteiger partial charge in [-0.05, 0) is 52.0 Å². The minimum atomic E-state index is -2.73. The molecule has 0 aliphatic carbocycles. The Morgan fingerprint density at radius 3 is 1.77 bits per heavy atom. The number of rotatable bonds is 2. The monoisotopic (exact) mass is 529 g/mol. The molecule has 4 heteroatoms. The Hall–Kier alpha value is -5.06. The summed E-state index contributed by atoms with van der Waals surface area (Å²) in [7, 11) is -2.73. The molecule has 0 spiro atoms. The molecule has 3 nitrogen and oxygen atoms in total. The molecule has 0 saturated heterocycles. The molecule has 0 radical (unpaired) electrons. The fraction of sp³-hybridized carbons (Fsp3) is 0. The highest BCUT2D eigenvalue weighted by Gasteiger charge is 2.53. The van der Waals surface area contributed by atoms with Crippen LogP contribution in [0.25, 0.3) is 27.5 Å². The summed E-state index contributed by atoms with van der Waals surface area (Å²) < 4.78 is 15.7. The third-order valence-corrected chi connectivity index (χ3v) is 13.4. The van der Waals surface area contributed by atoms with Crippen molar-refractivity contribution in [1.82, 2.24) is 4.57 Å². The van der Waals surface area contributed by atoms with Gasteiger partial charge in [0.2, 0.25) is 0 Å². The summed E-state index contributed by atoms with van der Waals surface area (Å²) in [6, 6.07) is 49.8. The first-order valence-corrected chi connectivity index (χ1v) is 15.6. The minimum Gasteiger partial charge on any atom is -0.457 e. The second-order valence-electron chi connectivity index (χ2n) is 10.5. The fourth-order valence-corrected chi connectivity index (χ4v) is 12.1. The first-order chi connectivity index (χ1) is 19.8. The van der Waals surface area contributed by atoms with Crippen LogP contribution < -0.4 is 30.2 Å². The zero-order valence-corrected chi connectivity index (χ0v) is 22.5. The first kappa shape index (κ1) is 21.8. The molecule has 6 aromatic carbocycles. The highest BCUT2D eigenvalue weighted by atomic mass is 28.3. The summed E-state index contributed by atoms with van der Waals surface area (Å²) in [6.07, 6.45) is 0. The lowest BCUT2D eigenvalue weighted by Gasteiger charge is -2.43. The van der Waals surface area contributed by atoms with Crippen LogP contribution in [0.4, 0.5) is 0 Å². The largest absolute Gasteiger partial charge is 0.457 e. The third kappa shape index (κ3) is 2.73. The Morgan fingerprint density at radius 2 is 1.02 bits per heavy atom. The van der Waals surface area contributed by atoms with Crippen molar-refractivity contribution in [2.45, 2.75) is 0 Å². The Bertz CT molecular complexity index is 2080. The van der Waals surface area contributed by atoms with Gasteiger partial charge in [-0.1, -0.05) is 97.1 Å². The summed E-state index contributed by atoms with van der Waals surface area (Å²) in [5.41, 5.74) is 3.47. The molecule has 9 rings (SSSR count). The highest BCUT2D eigenvalue weighted by Crippen LogP contribution is 2.40. The van der Waals surface area contributed by atoms with E-state index >= 15 is 0 Å². The van der Waals surface area contributed by atoms with Crippen LogP contribution in [0.5, 0.6) is 23.0 Å². The number of para-hydroxylation sites is 3. The van der Waals surface area contributed by atoms with Gasteiger partial charge in [-0.25, -0.2) is 0 Å². The smallest absolute Gasteiger partial charge is 0.197 e. The van der Waals surface area contributed by atoms with Gasteiger partial charge in [-0.15, -0.1) is 0 Å². The summed E-state index contributed by atoms with van der Waals surface area (Å²) in [5, 5.41) is 7.53. The SMILES string of the molecule is c1ccc([Si]23c4ccccc4Oc4cccc(c42)Oc2cc(-n4c5ccccc5c5ccccc54)ccc23)cc1. The third-order valence-electron chi connectivity index (χ3n) is 8.51. The topological polar surface area (TPSA) is 23.4 Å². The molecule has 7 aromatic rings. The first-order valence-electron chi connectivity index (χ1n) is 13.6. The van der Waals surface area contributed by atoms with Gasteiger partial charge in [-0.3, -0.25) is 0 Å². The fourth-order valence-electron chi connectivity index (χ4n) is 6.96. The van der Waals surface area contributed by atoms with Gasteiger partial charge in [0.25, 0.3) is 0 Å². The second kappa shape index (κ2) is 7.98. The van der Waals surface area contributed by atoms with Crippen LogP contribution in [0.2, 0.25) is 0 Å². The Labute approximate surface area is 232 Å². The van der Waals surface area contributed by atoms with Crippen molar-refractivity contribution in [3.8, 4) is 28.7 Å². The van der Waals surface area contributed by atoms with E-state index in [1.807, 2.05) is 6.07 Å². The van der Waals surface area contributed by atoms with Crippen LogP contribution in [0.1, 0.15) is 0 Å². The maximum absolute atomic E-state index is 6.79. The molecule has 1 atom stereocenters. The van der Waals surface area contributed by atoms with E-state index in [-0.39, 0.29) is 0 Å². The maximum Gasteiger partial charge on any atom is 0.197 e. The molecule has 0 N–H and O–H groups in total. The second-order valence-corrected chi connectivity index (χ2v) is 14.2. The lowest BCUT2D eigenvalue weighted by Crippen LogP contribution is -2.77. The van der Waals surface area contributed by atoms with Gasteiger partial charge in [0.05, 0.1) is 11.0 Å². The number of fused-ring (bicyclic) bond motifs is 7. The van der Waals surface area contributed by atoms with E-state index in [4.69, 9.17) is 9.47 Å². The van der Waals surface area contributed by atoms with Crippen LogP contribution in [-0.4, -0.2) is 12.6 Å². The lowest BCUT2D eigenvalue weighted by molar-refractivity contribution is 0.463. The van der Waals surface area contributed by atoms with E-state index in [0.29, 0.717) is 0 Å². The van der Waals surface area contributed by atoms with Crippen molar-refractivity contribution in [2.24, 2.45) is 0 Å². The number of aromatic nitrogens is 1. The lowest BCUT2D eigenvalue weighted by atomic mass is 10.2. The number of hydrogen-bond acceptors (Lipinski definition) is 2. The molecule has 3 heterocycles. The summed E-state index contributed by atoms with van der Waals surface area (Å²) in [5.74, 6) is 3.62. The molecule has 40 heavy (non-hydrogen) atoms. The molecule has 2 aliphatic rings. The Kier molecular flexibility index (Phi) is 4.35. The molecule has 0 saturated carbocycles. The van der Waals surface area contributed by atoms with Crippen molar-refractivity contribution < 1.29 is 9.47 Å². The molecular formula is C36H23NO2Si. The summed E-state index contributed by atoms with van der Waals surface area (Å²) in [6.45, 7) is 0. The normalized spacial score (nSPS) is 16.5. The van der Waals surface area contributed by atoms with Crippen LogP contribution in [0.15, 0.2) is 140 Å². The molecule has 0 fully saturated rings. The number of nitrogens with zero attached hydrogens (tertiary/aromatic N) is 1. The van der Waals surface area contributed by atoms with Crippen LogP contribution in [-0.2, 0) is 0 Å². The van der Waals surface area contributed by atoms with Gasteiger partial charge in [0, 0.05) is 27.7 Å². The average molecular weight is 530 g/mol. The van der Waals surface area contributed by atoms with Crippen molar-refractivity contribution >= 4 is 50.6 Å². The van der Waals surface area contributed by atoms with Gasteiger partial charge < -0.3 is 14.0 Å². The molecular weight excluding hydrogens is 506 g/mol. The number of hydrogen-bond donors (Lipinski definition) is 0. The van der Waals surface area contributed by atoms with E-state index in [0.717, 1.165) is 28.7 Å². The van der Waals surface area contributed by atoms with Gasteiger partial charge in [-0.2, -0.15) is 0 Å². The van der Waals surface area contributed by atoms with Crippen LogP contribution in [0, 0.1) is 0 Å². The molecule has 188 valence electrons. The van der Waals surface area contributed by atoms with Gasteiger partial charge >= 0.3 is 0 Å². The zero-order chi connectivity index (χ0) is 26.3.